The van der Waals surface area contributed by atoms with Crippen molar-refractivity contribution in [3.05, 3.63) is 176 Å². The van der Waals surface area contributed by atoms with Gasteiger partial charge in [0.05, 0.1) is 0 Å². The first-order valence-corrected chi connectivity index (χ1v) is 19.6. The van der Waals surface area contributed by atoms with Crippen molar-refractivity contribution in [1.82, 2.24) is 15.0 Å². The van der Waals surface area contributed by atoms with E-state index in [1.807, 2.05) is 47.7 Å². The van der Waals surface area contributed by atoms with Crippen LogP contribution < -0.4 is 0 Å². The van der Waals surface area contributed by atoms with Gasteiger partial charge in [0, 0.05) is 47.6 Å². The molecular weight excluding hydrogens is 703 g/mol. The molecule has 0 atom stereocenters. The van der Waals surface area contributed by atoms with Crippen molar-refractivity contribution < 1.29 is 4.42 Å². The molecule has 0 unspecified atom stereocenters. The van der Waals surface area contributed by atoms with Gasteiger partial charge in [0.25, 0.3) is 0 Å². The van der Waals surface area contributed by atoms with Crippen LogP contribution >= 0.6 is 11.3 Å². The third kappa shape index (κ3) is 4.88. The molecule has 4 nitrogen and oxygen atoms in total. The number of aromatic nitrogens is 3. The van der Waals surface area contributed by atoms with Crippen molar-refractivity contribution >= 4 is 85.8 Å². The number of nitrogens with zero attached hydrogens (tertiary/aromatic N) is 3. The zero-order valence-corrected chi connectivity index (χ0v) is 30.7. The molecular formula is C51H29N3OS. The fraction of sp³-hybridized carbons (Fsp3) is 0. The lowest BCUT2D eigenvalue weighted by Gasteiger charge is -2.12. The fourth-order valence-corrected chi connectivity index (χ4v) is 9.56. The van der Waals surface area contributed by atoms with Crippen molar-refractivity contribution in [3.8, 4) is 45.3 Å². The molecule has 0 N–H and O–H groups in total. The molecule has 56 heavy (non-hydrogen) atoms. The second kappa shape index (κ2) is 12.2. The molecule has 0 saturated heterocycles. The summed E-state index contributed by atoms with van der Waals surface area (Å²) in [6.07, 6.45) is 0. The molecule has 0 saturated carbocycles. The third-order valence-corrected chi connectivity index (χ3v) is 12.2. The van der Waals surface area contributed by atoms with E-state index in [9.17, 15) is 0 Å². The summed E-state index contributed by atoms with van der Waals surface area (Å²) in [6, 6.07) is 62.1. The van der Waals surface area contributed by atoms with Crippen molar-refractivity contribution in [1.29, 1.82) is 0 Å². The molecule has 3 heterocycles. The maximum atomic E-state index is 6.29. The van der Waals surface area contributed by atoms with E-state index in [1.54, 1.807) is 0 Å². The van der Waals surface area contributed by atoms with Crippen LogP contribution in [0.25, 0.3) is 120 Å². The summed E-state index contributed by atoms with van der Waals surface area (Å²) >= 11 is 1.86. The summed E-state index contributed by atoms with van der Waals surface area (Å²) in [5.74, 6) is 1.83. The summed E-state index contributed by atoms with van der Waals surface area (Å²) in [4.78, 5) is 15.6. The third-order valence-electron chi connectivity index (χ3n) is 11.1. The lowest BCUT2D eigenvalue weighted by atomic mass is 9.94. The van der Waals surface area contributed by atoms with Crippen LogP contribution in [-0.2, 0) is 0 Å². The fourth-order valence-electron chi connectivity index (χ4n) is 8.43. The van der Waals surface area contributed by atoms with Crippen LogP contribution in [-0.4, -0.2) is 15.0 Å². The highest BCUT2D eigenvalue weighted by atomic mass is 32.1. The number of hydrogen-bond donors (Lipinski definition) is 0. The SMILES string of the molecule is c1ccc(-c2cccc(-c3nc(-c4ccc5c(ccc6ccc7cc8c(cc7c65)sc5ccccc58)c4)nc(-c4cccc5oc6ccccc6c45)n3)c2)cc1. The van der Waals surface area contributed by atoms with Gasteiger partial charge in [-0.15, -0.1) is 11.3 Å². The van der Waals surface area contributed by atoms with Crippen LogP contribution in [0.4, 0.5) is 0 Å². The van der Waals surface area contributed by atoms with Crippen LogP contribution in [0.15, 0.2) is 180 Å². The first-order chi connectivity index (χ1) is 27.7. The summed E-state index contributed by atoms with van der Waals surface area (Å²) < 4.78 is 8.91. The number of furan rings is 1. The number of fused-ring (bicyclic) bond motifs is 11. The van der Waals surface area contributed by atoms with Gasteiger partial charge in [0.15, 0.2) is 17.5 Å². The Morgan fingerprint density at radius 3 is 1.88 bits per heavy atom. The highest BCUT2D eigenvalue weighted by Gasteiger charge is 2.19. The number of thiophene rings is 1. The lowest BCUT2D eigenvalue weighted by molar-refractivity contribution is 0.669. The maximum absolute atomic E-state index is 6.29. The lowest BCUT2D eigenvalue weighted by Crippen LogP contribution is -2.00. The predicted octanol–water partition coefficient (Wildman–Crippen LogP) is 14.3. The molecule has 260 valence electrons. The Balaban J connectivity index is 1.07. The number of para-hydroxylation sites is 1. The maximum Gasteiger partial charge on any atom is 0.164 e. The molecule has 0 amide bonds. The molecule has 0 aliphatic rings. The first-order valence-electron chi connectivity index (χ1n) is 18.8. The summed E-state index contributed by atoms with van der Waals surface area (Å²) in [5, 5.41) is 12.0. The van der Waals surface area contributed by atoms with E-state index in [1.165, 1.54) is 47.1 Å². The van der Waals surface area contributed by atoms with Gasteiger partial charge < -0.3 is 4.42 Å². The van der Waals surface area contributed by atoms with Gasteiger partial charge >= 0.3 is 0 Å². The summed E-state index contributed by atoms with van der Waals surface area (Å²) in [7, 11) is 0. The minimum atomic E-state index is 0.601. The van der Waals surface area contributed by atoms with Gasteiger partial charge in [0.1, 0.15) is 11.2 Å². The van der Waals surface area contributed by atoms with Crippen LogP contribution in [0.3, 0.4) is 0 Å². The second-order valence-corrected chi connectivity index (χ2v) is 15.4. The molecule has 12 rings (SSSR count). The van der Waals surface area contributed by atoms with E-state index in [0.29, 0.717) is 17.5 Å². The normalized spacial score (nSPS) is 11.9. The Morgan fingerprint density at radius 1 is 0.339 bits per heavy atom. The van der Waals surface area contributed by atoms with E-state index in [2.05, 4.69) is 140 Å². The van der Waals surface area contributed by atoms with Crippen LogP contribution in [0.1, 0.15) is 0 Å². The van der Waals surface area contributed by atoms with Crippen molar-refractivity contribution in [2.45, 2.75) is 0 Å². The molecule has 3 aromatic heterocycles. The number of benzene rings is 9. The first kappa shape index (κ1) is 31.2. The largest absolute Gasteiger partial charge is 0.456 e. The van der Waals surface area contributed by atoms with Gasteiger partial charge in [-0.25, -0.2) is 15.0 Å². The van der Waals surface area contributed by atoms with Gasteiger partial charge in [-0.1, -0.05) is 133 Å². The van der Waals surface area contributed by atoms with Crippen molar-refractivity contribution in [2.24, 2.45) is 0 Å². The topological polar surface area (TPSA) is 51.8 Å². The molecule has 0 fully saturated rings. The zero-order chi connectivity index (χ0) is 36.7. The quantitative estimate of drug-likeness (QED) is 0.169. The van der Waals surface area contributed by atoms with Crippen molar-refractivity contribution in [2.75, 3.05) is 0 Å². The molecule has 9 aromatic carbocycles. The monoisotopic (exact) mass is 731 g/mol. The standard InChI is InChI=1S/C51H29N3OS/c1-2-10-30(11-3-1)32-12-8-13-35(26-32)49-52-50(54-51(53-49)40-16-9-18-44-48(40)39-15-4-6-17-43(39)55-44)36-24-25-37-33(27-36)22-20-31-21-23-34-28-42-38-14-5-7-19-45(38)56-46(42)29-41(34)47(31)37/h1-29H. The molecule has 0 aliphatic heterocycles. The average molecular weight is 732 g/mol. The van der Waals surface area contributed by atoms with Crippen LogP contribution in [0.5, 0.6) is 0 Å². The Labute approximate surface area is 325 Å². The second-order valence-electron chi connectivity index (χ2n) is 14.4. The van der Waals surface area contributed by atoms with E-state index in [4.69, 9.17) is 19.4 Å². The molecule has 0 radical (unpaired) electrons. The average Bonchev–Trinajstić information content (AvgIpc) is 3.83. The predicted molar refractivity (Wildman–Crippen MR) is 234 cm³/mol. The van der Waals surface area contributed by atoms with E-state index >= 15 is 0 Å². The van der Waals surface area contributed by atoms with E-state index in [-0.39, 0.29) is 0 Å². The Hall–Kier alpha value is -7.21. The van der Waals surface area contributed by atoms with Crippen molar-refractivity contribution in [3.63, 3.8) is 0 Å². The van der Waals surface area contributed by atoms with E-state index in [0.717, 1.165) is 55.1 Å². The highest BCUT2D eigenvalue weighted by Crippen LogP contribution is 2.41. The van der Waals surface area contributed by atoms with Gasteiger partial charge in [0.2, 0.25) is 0 Å². The Kier molecular flexibility index (Phi) is 6.76. The molecule has 0 bridgehead atoms. The molecule has 0 spiro atoms. The number of hydrogen-bond acceptors (Lipinski definition) is 5. The van der Waals surface area contributed by atoms with Gasteiger partial charge in [-0.05, 0) is 85.9 Å². The van der Waals surface area contributed by atoms with Gasteiger partial charge in [-0.2, -0.15) is 0 Å². The Bertz CT molecular complexity index is 3550. The minimum Gasteiger partial charge on any atom is -0.456 e. The molecule has 0 aliphatic carbocycles. The smallest absolute Gasteiger partial charge is 0.164 e. The highest BCUT2D eigenvalue weighted by molar-refractivity contribution is 7.25. The number of rotatable bonds is 4. The summed E-state index contributed by atoms with van der Waals surface area (Å²) in [5.41, 5.74) is 6.64. The molecule has 5 heteroatoms. The van der Waals surface area contributed by atoms with E-state index < -0.39 is 0 Å². The van der Waals surface area contributed by atoms with Crippen LogP contribution in [0.2, 0.25) is 0 Å². The zero-order valence-electron chi connectivity index (χ0n) is 29.9. The minimum absolute atomic E-state index is 0.601. The Morgan fingerprint density at radius 2 is 1.00 bits per heavy atom. The van der Waals surface area contributed by atoms with Crippen LogP contribution in [0, 0.1) is 0 Å². The summed E-state index contributed by atoms with van der Waals surface area (Å²) in [6.45, 7) is 0. The van der Waals surface area contributed by atoms with Gasteiger partial charge in [-0.3, -0.25) is 0 Å². The molecule has 12 aromatic rings.